The summed E-state index contributed by atoms with van der Waals surface area (Å²) in [6, 6.07) is 7.34. The van der Waals surface area contributed by atoms with E-state index in [1.54, 1.807) is 4.90 Å². The number of carbonyl (C=O) groups excluding carboxylic acids is 1. The van der Waals surface area contributed by atoms with Crippen molar-refractivity contribution in [3.63, 3.8) is 0 Å². The molecule has 0 unspecified atom stereocenters. The predicted molar refractivity (Wildman–Crippen MR) is 71.4 cm³/mol. The fourth-order valence-electron chi connectivity index (χ4n) is 1.98. The Bertz CT molecular complexity index is 467. The average Bonchev–Trinajstić information content (AvgIpc) is 2.46. The quantitative estimate of drug-likeness (QED) is 0.823. The lowest BCUT2D eigenvalue weighted by molar-refractivity contribution is 0.0560. The standard InChI is InChI=1S/C15H17NO3/c1-2-12-3-5-13(6-4-12)11-19-15(18)16-9-7-14(17)8-10-16/h1,3-6,14,17H,7-11H2. The molecule has 100 valence electrons. The van der Waals surface area contributed by atoms with Crippen LogP contribution in [0.3, 0.4) is 0 Å². The van der Waals surface area contributed by atoms with Crippen LogP contribution < -0.4 is 0 Å². The number of rotatable bonds is 2. The van der Waals surface area contributed by atoms with Crippen LogP contribution in [0.1, 0.15) is 24.0 Å². The molecule has 1 amide bonds. The van der Waals surface area contributed by atoms with Gasteiger partial charge in [-0.2, -0.15) is 0 Å². The van der Waals surface area contributed by atoms with E-state index >= 15 is 0 Å². The molecule has 0 saturated carbocycles. The Morgan fingerprint density at radius 2 is 2.00 bits per heavy atom. The summed E-state index contributed by atoms with van der Waals surface area (Å²) in [5, 5.41) is 9.37. The maximum atomic E-state index is 11.8. The van der Waals surface area contributed by atoms with Crippen molar-refractivity contribution in [3.05, 3.63) is 35.4 Å². The van der Waals surface area contributed by atoms with Gasteiger partial charge in [-0.05, 0) is 30.5 Å². The molecule has 4 nitrogen and oxygen atoms in total. The number of ether oxygens (including phenoxy) is 1. The van der Waals surface area contributed by atoms with Crippen LogP contribution in [0.25, 0.3) is 0 Å². The number of aliphatic hydroxyl groups excluding tert-OH is 1. The molecular formula is C15H17NO3. The lowest BCUT2D eigenvalue weighted by atomic mass is 10.1. The highest BCUT2D eigenvalue weighted by Gasteiger charge is 2.22. The van der Waals surface area contributed by atoms with Gasteiger partial charge in [0.15, 0.2) is 0 Å². The molecular weight excluding hydrogens is 242 g/mol. The molecule has 0 atom stereocenters. The van der Waals surface area contributed by atoms with Gasteiger partial charge in [-0.25, -0.2) is 4.79 Å². The van der Waals surface area contributed by atoms with Gasteiger partial charge in [-0.1, -0.05) is 18.1 Å². The van der Waals surface area contributed by atoms with Crippen LogP contribution in [0, 0.1) is 12.3 Å². The molecule has 1 aromatic rings. The Labute approximate surface area is 113 Å². The van der Waals surface area contributed by atoms with Crippen molar-refractivity contribution in [1.82, 2.24) is 4.90 Å². The van der Waals surface area contributed by atoms with Gasteiger partial charge in [0.2, 0.25) is 0 Å². The summed E-state index contributed by atoms with van der Waals surface area (Å²) in [7, 11) is 0. The van der Waals surface area contributed by atoms with Crippen molar-refractivity contribution < 1.29 is 14.6 Å². The molecule has 1 saturated heterocycles. The fourth-order valence-corrected chi connectivity index (χ4v) is 1.98. The molecule has 0 aromatic heterocycles. The predicted octanol–water partition coefficient (Wildman–Crippen LogP) is 1.76. The molecule has 1 N–H and O–H groups in total. The molecule has 1 aliphatic rings. The number of piperidine rings is 1. The molecule has 1 heterocycles. The Morgan fingerprint density at radius 1 is 1.37 bits per heavy atom. The van der Waals surface area contributed by atoms with Crippen molar-refractivity contribution >= 4 is 6.09 Å². The minimum atomic E-state index is -0.326. The number of nitrogens with zero attached hydrogens (tertiary/aromatic N) is 1. The monoisotopic (exact) mass is 259 g/mol. The van der Waals surface area contributed by atoms with Crippen LogP contribution in [0.4, 0.5) is 4.79 Å². The van der Waals surface area contributed by atoms with E-state index in [-0.39, 0.29) is 18.8 Å². The van der Waals surface area contributed by atoms with Crippen LogP contribution >= 0.6 is 0 Å². The van der Waals surface area contributed by atoms with E-state index in [1.807, 2.05) is 24.3 Å². The summed E-state index contributed by atoms with van der Waals surface area (Å²) in [5.41, 5.74) is 1.71. The number of hydrogen-bond donors (Lipinski definition) is 1. The Balaban J connectivity index is 1.81. The lowest BCUT2D eigenvalue weighted by Gasteiger charge is -2.28. The van der Waals surface area contributed by atoms with Gasteiger partial charge in [0, 0.05) is 18.7 Å². The molecule has 1 aliphatic heterocycles. The SMILES string of the molecule is C#Cc1ccc(COC(=O)N2CCC(O)CC2)cc1. The molecule has 0 bridgehead atoms. The number of carbonyl (C=O) groups is 1. The minimum absolute atomic E-state index is 0.239. The second-order valence-electron chi connectivity index (χ2n) is 4.61. The minimum Gasteiger partial charge on any atom is -0.445 e. The number of likely N-dealkylation sites (tertiary alicyclic amines) is 1. The summed E-state index contributed by atoms with van der Waals surface area (Å²) in [6.45, 7) is 1.34. The van der Waals surface area contributed by atoms with Gasteiger partial charge in [-0.3, -0.25) is 0 Å². The molecule has 1 fully saturated rings. The van der Waals surface area contributed by atoms with E-state index < -0.39 is 0 Å². The number of terminal acetylenes is 1. The van der Waals surface area contributed by atoms with Crippen LogP contribution in [0.5, 0.6) is 0 Å². The van der Waals surface area contributed by atoms with Crippen molar-refractivity contribution in [2.75, 3.05) is 13.1 Å². The van der Waals surface area contributed by atoms with Crippen molar-refractivity contribution in [2.24, 2.45) is 0 Å². The van der Waals surface area contributed by atoms with E-state index in [0.717, 1.165) is 11.1 Å². The smallest absolute Gasteiger partial charge is 0.410 e. The van der Waals surface area contributed by atoms with Gasteiger partial charge < -0.3 is 14.7 Å². The highest BCUT2D eigenvalue weighted by molar-refractivity contribution is 5.67. The van der Waals surface area contributed by atoms with Crippen LogP contribution in [-0.4, -0.2) is 35.3 Å². The average molecular weight is 259 g/mol. The zero-order valence-electron chi connectivity index (χ0n) is 10.7. The maximum absolute atomic E-state index is 11.8. The molecule has 4 heteroatoms. The van der Waals surface area contributed by atoms with E-state index in [0.29, 0.717) is 25.9 Å². The highest BCUT2D eigenvalue weighted by Crippen LogP contribution is 2.12. The normalized spacial score (nSPS) is 15.9. The zero-order valence-corrected chi connectivity index (χ0v) is 10.7. The van der Waals surface area contributed by atoms with E-state index in [9.17, 15) is 9.90 Å². The number of hydrogen-bond acceptors (Lipinski definition) is 3. The summed E-state index contributed by atoms with van der Waals surface area (Å²) in [6.07, 6.45) is 5.89. The summed E-state index contributed by atoms with van der Waals surface area (Å²) in [5.74, 6) is 2.54. The third kappa shape index (κ3) is 3.73. The summed E-state index contributed by atoms with van der Waals surface area (Å²) >= 11 is 0. The zero-order chi connectivity index (χ0) is 13.7. The Morgan fingerprint density at radius 3 is 2.58 bits per heavy atom. The number of benzene rings is 1. The first-order valence-corrected chi connectivity index (χ1v) is 6.34. The third-order valence-corrected chi connectivity index (χ3v) is 3.21. The largest absolute Gasteiger partial charge is 0.445 e. The Hall–Kier alpha value is -1.99. The van der Waals surface area contributed by atoms with Crippen molar-refractivity contribution in [2.45, 2.75) is 25.6 Å². The first kappa shape index (κ1) is 13.4. The molecule has 0 aliphatic carbocycles. The number of aliphatic hydroxyl groups is 1. The van der Waals surface area contributed by atoms with E-state index in [1.165, 1.54) is 0 Å². The molecule has 2 rings (SSSR count). The first-order valence-electron chi connectivity index (χ1n) is 6.34. The van der Waals surface area contributed by atoms with E-state index in [4.69, 9.17) is 11.2 Å². The molecule has 0 spiro atoms. The van der Waals surface area contributed by atoms with Crippen molar-refractivity contribution in [1.29, 1.82) is 0 Å². The summed E-state index contributed by atoms with van der Waals surface area (Å²) in [4.78, 5) is 13.4. The fraction of sp³-hybridized carbons (Fsp3) is 0.400. The first-order chi connectivity index (χ1) is 9.19. The van der Waals surface area contributed by atoms with Gasteiger partial charge in [-0.15, -0.1) is 6.42 Å². The van der Waals surface area contributed by atoms with Gasteiger partial charge in [0.25, 0.3) is 0 Å². The molecule has 1 aromatic carbocycles. The highest BCUT2D eigenvalue weighted by atomic mass is 16.6. The number of amides is 1. The van der Waals surface area contributed by atoms with Gasteiger partial charge in [0.05, 0.1) is 6.10 Å². The molecule has 19 heavy (non-hydrogen) atoms. The summed E-state index contributed by atoms with van der Waals surface area (Å²) < 4.78 is 5.23. The van der Waals surface area contributed by atoms with E-state index in [2.05, 4.69) is 5.92 Å². The van der Waals surface area contributed by atoms with Gasteiger partial charge >= 0.3 is 6.09 Å². The van der Waals surface area contributed by atoms with Gasteiger partial charge in [0.1, 0.15) is 6.61 Å². The lowest BCUT2D eigenvalue weighted by Crippen LogP contribution is -2.40. The second kappa shape index (κ2) is 6.26. The van der Waals surface area contributed by atoms with Crippen LogP contribution in [0.2, 0.25) is 0 Å². The van der Waals surface area contributed by atoms with Crippen LogP contribution in [-0.2, 0) is 11.3 Å². The maximum Gasteiger partial charge on any atom is 0.410 e. The third-order valence-electron chi connectivity index (χ3n) is 3.21. The topological polar surface area (TPSA) is 49.8 Å². The van der Waals surface area contributed by atoms with Crippen molar-refractivity contribution in [3.8, 4) is 12.3 Å². The van der Waals surface area contributed by atoms with Crippen LogP contribution in [0.15, 0.2) is 24.3 Å². The second-order valence-corrected chi connectivity index (χ2v) is 4.61. The Kier molecular flexibility index (Phi) is 4.43. The molecule has 0 radical (unpaired) electrons.